The van der Waals surface area contributed by atoms with Gasteiger partial charge in [-0.25, -0.2) is 14.8 Å². The average molecular weight is 662 g/mol. The number of hydrogen-bond acceptors (Lipinski definition) is 7. The molecule has 4 aromatic rings. The van der Waals surface area contributed by atoms with Gasteiger partial charge in [0.2, 0.25) is 11.8 Å². The minimum absolute atomic E-state index is 0.0224. The van der Waals surface area contributed by atoms with E-state index in [1.54, 1.807) is 44.1 Å². The van der Waals surface area contributed by atoms with Gasteiger partial charge in [0.25, 0.3) is 0 Å². The highest BCUT2D eigenvalue weighted by Crippen LogP contribution is 2.30. The zero-order valence-electron chi connectivity index (χ0n) is 27.9. The maximum absolute atomic E-state index is 14.4. The van der Waals surface area contributed by atoms with E-state index in [2.05, 4.69) is 16.3 Å². The second-order valence-electron chi connectivity index (χ2n) is 12.6. The van der Waals surface area contributed by atoms with Crippen molar-refractivity contribution in [3.63, 3.8) is 0 Å². The molecule has 0 saturated carbocycles. The summed E-state index contributed by atoms with van der Waals surface area (Å²) in [6.07, 6.45) is -0.478. The molecule has 0 spiro atoms. The first kappa shape index (κ1) is 33.4. The molecule has 11 heteroatoms. The normalized spacial score (nSPS) is 18.0. The number of nitrogens with two attached hydrogens (primary N) is 1. The van der Waals surface area contributed by atoms with Crippen LogP contribution in [-0.4, -0.2) is 81.7 Å². The third kappa shape index (κ3) is 7.47. The number of nitrogens with one attached hydrogen (secondary N) is 1. The molecule has 4 aromatic carbocycles. The molecule has 0 radical (unpaired) electrons. The topological polar surface area (TPSA) is 126 Å². The monoisotopic (exact) mass is 661 g/mol. The number of nitrogens with zero attached hydrogens (tertiary/aromatic N) is 5. The summed E-state index contributed by atoms with van der Waals surface area (Å²) in [4.78, 5) is 47.6. The summed E-state index contributed by atoms with van der Waals surface area (Å²) in [5.74, 6) is -0.283. The number of aromatic hydroxyl groups is 1. The molecule has 2 aliphatic rings. The van der Waals surface area contributed by atoms with Crippen molar-refractivity contribution >= 4 is 29.2 Å². The van der Waals surface area contributed by atoms with E-state index in [1.165, 1.54) is 0 Å². The summed E-state index contributed by atoms with van der Waals surface area (Å²) in [7, 11) is 2.00. The smallest absolute Gasteiger partial charge is 0.334 e. The van der Waals surface area contributed by atoms with Gasteiger partial charge in [0.05, 0.1) is 13.1 Å². The minimum atomic E-state index is -0.842. The summed E-state index contributed by atoms with van der Waals surface area (Å²) < 4.78 is 0. The van der Waals surface area contributed by atoms with E-state index in [1.807, 2.05) is 86.8 Å². The maximum atomic E-state index is 14.4. The molecule has 49 heavy (non-hydrogen) atoms. The number of rotatable bonds is 10. The second kappa shape index (κ2) is 14.7. The maximum Gasteiger partial charge on any atom is 0.334 e. The molecule has 11 nitrogen and oxygen atoms in total. The number of amides is 4. The molecule has 0 aliphatic carbocycles. The number of para-hydroxylation sites is 1. The zero-order chi connectivity index (χ0) is 34.5. The first-order valence-corrected chi connectivity index (χ1v) is 16.6. The summed E-state index contributed by atoms with van der Waals surface area (Å²) in [5.41, 5.74) is 11.6. The molecule has 4 amide bonds. The van der Waals surface area contributed by atoms with Crippen LogP contribution >= 0.6 is 0 Å². The Morgan fingerprint density at radius 2 is 1.63 bits per heavy atom. The predicted octanol–water partition coefficient (Wildman–Crippen LogP) is 4.18. The van der Waals surface area contributed by atoms with Gasteiger partial charge in [-0.3, -0.25) is 9.59 Å². The minimum Gasteiger partial charge on any atom is -0.508 e. The van der Waals surface area contributed by atoms with Gasteiger partial charge in [-0.2, -0.15) is 0 Å². The molecule has 2 atom stereocenters. The van der Waals surface area contributed by atoms with Crippen LogP contribution in [0.25, 0.3) is 0 Å². The number of phenols is 1. The highest BCUT2D eigenvalue weighted by atomic mass is 16.3. The van der Waals surface area contributed by atoms with E-state index in [9.17, 15) is 19.5 Å². The number of carbonyl (C=O) groups excluding carboxylic acids is 3. The fraction of sp³-hybridized carbons (Fsp3) is 0.289. The van der Waals surface area contributed by atoms with Crippen LogP contribution in [0.5, 0.6) is 5.75 Å². The van der Waals surface area contributed by atoms with Crippen molar-refractivity contribution in [2.75, 3.05) is 37.3 Å². The molecule has 2 aliphatic heterocycles. The standard InChI is InChI=1S/C38H43N7O4/c1-3-43-26-36(47)44-34(21-27-16-18-32(46)19-17-27)37(48)42(25-35(44)45(43)38(49)40-22-28-10-5-4-6-11-28)23-29-12-9-14-31(20-29)41(2)24-30-13-7-8-15-33(30)39/h4-20,34-35,46H,3,21-26,39H2,1-2H3,(H,40,49)/t34-,35-/m0/s1. The SMILES string of the molecule is CCN1CC(=O)N2[C@@H](Cc3ccc(O)cc3)C(=O)N(Cc3cccc(N(C)Cc4ccccc4N)c3)C[C@@H]2N1C(=O)NCc1ccccc1. The summed E-state index contributed by atoms with van der Waals surface area (Å²) >= 11 is 0. The Labute approximate surface area is 287 Å². The number of hydrazine groups is 1. The van der Waals surface area contributed by atoms with Crippen LogP contribution in [-0.2, 0) is 35.6 Å². The Kier molecular flexibility index (Phi) is 10.0. The fourth-order valence-electron chi connectivity index (χ4n) is 6.65. The zero-order valence-corrected chi connectivity index (χ0v) is 27.9. The van der Waals surface area contributed by atoms with E-state index in [-0.39, 0.29) is 43.1 Å². The number of hydrogen-bond donors (Lipinski definition) is 3. The van der Waals surface area contributed by atoms with Crippen molar-refractivity contribution < 1.29 is 19.5 Å². The summed E-state index contributed by atoms with van der Waals surface area (Å²) in [5, 5.41) is 16.3. The summed E-state index contributed by atoms with van der Waals surface area (Å²) in [6.45, 7) is 3.70. The van der Waals surface area contributed by atoms with Crippen molar-refractivity contribution in [3.8, 4) is 5.75 Å². The third-order valence-corrected chi connectivity index (χ3v) is 9.24. The largest absolute Gasteiger partial charge is 0.508 e. The van der Waals surface area contributed by atoms with Crippen molar-refractivity contribution in [1.29, 1.82) is 0 Å². The Bertz CT molecular complexity index is 1780. The van der Waals surface area contributed by atoms with Gasteiger partial charge in [0.15, 0.2) is 0 Å². The Hall–Kier alpha value is -5.55. The molecule has 2 saturated heterocycles. The Balaban J connectivity index is 1.29. The van der Waals surface area contributed by atoms with Crippen LogP contribution in [0.2, 0.25) is 0 Å². The molecule has 0 unspecified atom stereocenters. The van der Waals surface area contributed by atoms with Crippen molar-refractivity contribution in [2.45, 2.75) is 45.2 Å². The number of carbonyl (C=O) groups is 3. The van der Waals surface area contributed by atoms with Gasteiger partial charge in [-0.05, 0) is 52.6 Å². The highest BCUT2D eigenvalue weighted by Gasteiger charge is 2.51. The average Bonchev–Trinajstić information content (AvgIpc) is 3.11. The summed E-state index contributed by atoms with van der Waals surface area (Å²) in [6, 6.07) is 30.9. The second-order valence-corrected chi connectivity index (χ2v) is 12.6. The molecular formula is C38H43N7O4. The number of benzene rings is 4. The molecule has 6 rings (SSSR count). The lowest BCUT2D eigenvalue weighted by molar-refractivity contribution is -0.190. The number of anilines is 2. The van der Waals surface area contributed by atoms with Crippen LogP contribution in [0.4, 0.5) is 16.2 Å². The third-order valence-electron chi connectivity index (χ3n) is 9.24. The molecule has 4 N–H and O–H groups in total. The van der Waals surface area contributed by atoms with Crippen molar-refractivity contribution in [1.82, 2.24) is 25.1 Å². The fourth-order valence-corrected chi connectivity index (χ4v) is 6.65. The molecule has 2 heterocycles. The van der Waals surface area contributed by atoms with Gasteiger partial charge in [0, 0.05) is 51.0 Å². The van der Waals surface area contributed by atoms with Crippen LogP contribution in [0.1, 0.15) is 29.2 Å². The molecule has 0 bridgehead atoms. The van der Waals surface area contributed by atoms with Gasteiger partial charge in [-0.15, -0.1) is 0 Å². The Morgan fingerprint density at radius 3 is 2.37 bits per heavy atom. The van der Waals surface area contributed by atoms with Gasteiger partial charge in [0.1, 0.15) is 18.0 Å². The van der Waals surface area contributed by atoms with E-state index in [0.29, 0.717) is 26.2 Å². The molecular weight excluding hydrogens is 618 g/mol. The van der Waals surface area contributed by atoms with Crippen LogP contribution in [0.15, 0.2) is 103 Å². The predicted molar refractivity (Wildman–Crippen MR) is 189 cm³/mol. The first-order valence-electron chi connectivity index (χ1n) is 16.6. The Morgan fingerprint density at radius 1 is 0.918 bits per heavy atom. The first-order chi connectivity index (χ1) is 23.7. The van der Waals surface area contributed by atoms with Crippen molar-refractivity contribution in [2.24, 2.45) is 0 Å². The lowest BCUT2D eigenvalue weighted by Crippen LogP contribution is -2.76. The number of fused-ring (bicyclic) bond motifs is 1. The number of nitrogen functional groups attached to an aromatic ring is 1. The molecule has 254 valence electrons. The number of phenolic OH excluding ortho intramolecular Hbond substituents is 1. The lowest BCUT2D eigenvalue weighted by atomic mass is 9.98. The van der Waals surface area contributed by atoms with Crippen molar-refractivity contribution in [3.05, 3.63) is 125 Å². The number of urea groups is 1. The van der Waals surface area contributed by atoms with E-state index < -0.39 is 12.2 Å². The van der Waals surface area contributed by atoms with Crippen LogP contribution < -0.4 is 16.0 Å². The van der Waals surface area contributed by atoms with E-state index in [0.717, 1.165) is 33.6 Å². The molecule has 0 aromatic heterocycles. The van der Waals surface area contributed by atoms with Gasteiger partial charge in [-0.1, -0.05) is 79.7 Å². The van der Waals surface area contributed by atoms with Gasteiger partial charge >= 0.3 is 6.03 Å². The molecule has 2 fully saturated rings. The highest BCUT2D eigenvalue weighted by molar-refractivity contribution is 5.91. The van der Waals surface area contributed by atoms with Crippen LogP contribution in [0, 0.1) is 0 Å². The van der Waals surface area contributed by atoms with E-state index >= 15 is 0 Å². The lowest BCUT2D eigenvalue weighted by Gasteiger charge is -2.55. The number of piperazine rings is 1. The van der Waals surface area contributed by atoms with E-state index in [4.69, 9.17) is 5.73 Å². The van der Waals surface area contributed by atoms with Crippen LogP contribution in [0.3, 0.4) is 0 Å². The quantitative estimate of drug-likeness (QED) is 0.218. The van der Waals surface area contributed by atoms with Gasteiger partial charge < -0.3 is 30.9 Å². The number of likely N-dealkylation sites (N-methyl/N-ethyl adjacent to an activating group) is 1.